The molecule has 0 aliphatic rings. The van der Waals surface area contributed by atoms with Crippen molar-refractivity contribution in [3.05, 3.63) is 74.1 Å². The highest BCUT2D eigenvalue weighted by molar-refractivity contribution is 6.42. The third kappa shape index (κ3) is 3.13. The predicted octanol–water partition coefficient (Wildman–Crippen LogP) is 3.60. The van der Waals surface area contributed by atoms with E-state index in [0.717, 1.165) is 4.68 Å². The fourth-order valence-corrected chi connectivity index (χ4v) is 2.62. The van der Waals surface area contributed by atoms with E-state index in [2.05, 4.69) is 5.10 Å². The van der Waals surface area contributed by atoms with Gasteiger partial charge in [-0.15, -0.1) is 0 Å². The molecule has 3 rings (SSSR count). The Balaban J connectivity index is 1.90. The zero-order chi connectivity index (χ0) is 17.3. The van der Waals surface area contributed by atoms with Crippen LogP contribution >= 0.6 is 23.2 Å². The summed E-state index contributed by atoms with van der Waals surface area (Å²) < 4.78 is 6.42. The van der Waals surface area contributed by atoms with Gasteiger partial charge in [0.2, 0.25) is 0 Å². The van der Waals surface area contributed by atoms with E-state index < -0.39 is 5.97 Å². The van der Waals surface area contributed by atoms with Crippen LogP contribution in [0.25, 0.3) is 10.8 Å². The Hall–Kier alpha value is -2.37. The molecule has 0 unspecified atom stereocenters. The molecule has 0 N–H and O–H groups in total. The SMILES string of the molecule is Cn1nc(C(=O)OCc2ccc(Cl)c(Cl)c2)c2ccccc2c1=O. The highest BCUT2D eigenvalue weighted by Gasteiger charge is 2.17. The number of hydrogen-bond acceptors (Lipinski definition) is 4. The summed E-state index contributed by atoms with van der Waals surface area (Å²) in [6.07, 6.45) is 0. The molecule has 1 aromatic heterocycles. The maximum absolute atomic E-state index is 12.4. The number of carbonyl (C=O) groups is 1. The number of rotatable bonds is 3. The summed E-state index contributed by atoms with van der Waals surface area (Å²) in [6, 6.07) is 11.8. The van der Waals surface area contributed by atoms with Crippen molar-refractivity contribution in [2.45, 2.75) is 6.61 Å². The van der Waals surface area contributed by atoms with Crippen molar-refractivity contribution >= 4 is 39.9 Å². The molecular weight excluding hydrogens is 351 g/mol. The summed E-state index contributed by atoms with van der Waals surface area (Å²) in [4.78, 5) is 24.5. The van der Waals surface area contributed by atoms with E-state index in [9.17, 15) is 9.59 Å². The van der Waals surface area contributed by atoms with Crippen LogP contribution in [-0.4, -0.2) is 15.7 Å². The summed E-state index contributed by atoms with van der Waals surface area (Å²) >= 11 is 11.8. The predicted molar refractivity (Wildman–Crippen MR) is 92.6 cm³/mol. The van der Waals surface area contributed by atoms with Gasteiger partial charge in [-0.2, -0.15) is 5.10 Å². The van der Waals surface area contributed by atoms with Gasteiger partial charge >= 0.3 is 5.97 Å². The molecule has 2 aromatic carbocycles. The van der Waals surface area contributed by atoms with Crippen LogP contribution in [0.1, 0.15) is 16.1 Å². The third-order valence-corrected chi connectivity index (χ3v) is 4.24. The van der Waals surface area contributed by atoms with Crippen LogP contribution < -0.4 is 5.56 Å². The first-order chi connectivity index (χ1) is 11.5. The lowest BCUT2D eigenvalue weighted by atomic mass is 10.1. The van der Waals surface area contributed by atoms with E-state index in [0.29, 0.717) is 26.4 Å². The van der Waals surface area contributed by atoms with Crippen LogP contribution in [0.5, 0.6) is 0 Å². The van der Waals surface area contributed by atoms with E-state index in [4.69, 9.17) is 27.9 Å². The second kappa shape index (κ2) is 6.63. The van der Waals surface area contributed by atoms with Gasteiger partial charge in [0.25, 0.3) is 5.56 Å². The van der Waals surface area contributed by atoms with E-state index in [1.165, 1.54) is 7.05 Å². The minimum absolute atomic E-state index is 0.0224. The molecule has 0 saturated carbocycles. The average molecular weight is 363 g/mol. The molecule has 5 nitrogen and oxygen atoms in total. The van der Waals surface area contributed by atoms with Gasteiger partial charge in [-0.3, -0.25) is 4.79 Å². The summed E-state index contributed by atoms with van der Waals surface area (Å²) in [7, 11) is 1.49. The molecule has 122 valence electrons. The van der Waals surface area contributed by atoms with Gasteiger partial charge in [0.05, 0.1) is 15.4 Å². The molecule has 0 saturated heterocycles. The maximum atomic E-state index is 12.4. The van der Waals surface area contributed by atoms with Crippen molar-refractivity contribution < 1.29 is 9.53 Å². The lowest BCUT2D eigenvalue weighted by Gasteiger charge is -2.09. The fourth-order valence-electron chi connectivity index (χ4n) is 2.30. The van der Waals surface area contributed by atoms with Crippen LogP contribution in [-0.2, 0) is 18.4 Å². The second-order valence-electron chi connectivity index (χ2n) is 5.15. The Morgan fingerprint density at radius 1 is 1.12 bits per heavy atom. The van der Waals surface area contributed by atoms with Crippen molar-refractivity contribution in [1.82, 2.24) is 9.78 Å². The molecule has 7 heteroatoms. The van der Waals surface area contributed by atoms with Gasteiger partial charge in [-0.1, -0.05) is 47.5 Å². The van der Waals surface area contributed by atoms with Crippen LogP contribution in [0, 0.1) is 0 Å². The molecular formula is C17H12Cl2N2O3. The monoisotopic (exact) mass is 362 g/mol. The van der Waals surface area contributed by atoms with Crippen LogP contribution in [0.2, 0.25) is 10.0 Å². The highest BCUT2D eigenvalue weighted by Crippen LogP contribution is 2.23. The number of halogens is 2. The Morgan fingerprint density at radius 2 is 1.83 bits per heavy atom. The van der Waals surface area contributed by atoms with Crippen LogP contribution in [0.4, 0.5) is 0 Å². The van der Waals surface area contributed by atoms with Gasteiger partial charge < -0.3 is 4.74 Å². The molecule has 0 aliphatic heterocycles. The number of ether oxygens (including phenoxy) is 1. The topological polar surface area (TPSA) is 61.2 Å². The molecule has 0 amide bonds. The minimum atomic E-state index is -0.618. The van der Waals surface area contributed by atoms with E-state index in [-0.39, 0.29) is 17.9 Å². The van der Waals surface area contributed by atoms with Gasteiger partial charge in [0.15, 0.2) is 5.69 Å². The lowest BCUT2D eigenvalue weighted by molar-refractivity contribution is 0.0465. The first-order valence-corrected chi connectivity index (χ1v) is 7.80. The van der Waals surface area contributed by atoms with Crippen LogP contribution in [0.15, 0.2) is 47.3 Å². The number of carbonyl (C=O) groups excluding carboxylic acids is 1. The Morgan fingerprint density at radius 3 is 2.54 bits per heavy atom. The van der Waals surface area contributed by atoms with Crippen molar-refractivity contribution in [2.75, 3.05) is 0 Å². The molecule has 0 aliphatic carbocycles. The standard InChI is InChI=1S/C17H12Cl2N2O3/c1-21-16(22)12-5-3-2-4-11(12)15(20-21)17(23)24-9-10-6-7-13(18)14(19)8-10/h2-8H,9H2,1H3. The number of hydrogen-bond donors (Lipinski definition) is 0. The molecule has 1 heterocycles. The number of nitrogens with zero attached hydrogens (tertiary/aromatic N) is 2. The van der Waals surface area contributed by atoms with Crippen molar-refractivity contribution in [3.63, 3.8) is 0 Å². The summed E-state index contributed by atoms with van der Waals surface area (Å²) in [5, 5.41) is 5.71. The first kappa shape index (κ1) is 16.5. The normalized spacial score (nSPS) is 10.8. The molecule has 3 aromatic rings. The van der Waals surface area contributed by atoms with Gasteiger partial charge in [0, 0.05) is 12.4 Å². The molecule has 0 atom stereocenters. The quantitative estimate of drug-likeness (QED) is 0.667. The highest BCUT2D eigenvalue weighted by atomic mass is 35.5. The summed E-state index contributed by atoms with van der Waals surface area (Å²) in [5.41, 5.74) is 0.520. The lowest BCUT2D eigenvalue weighted by Crippen LogP contribution is -2.23. The number of fused-ring (bicyclic) bond motifs is 1. The first-order valence-electron chi connectivity index (χ1n) is 7.04. The van der Waals surface area contributed by atoms with Gasteiger partial charge in [0.1, 0.15) is 6.61 Å². The zero-order valence-corrected chi connectivity index (χ0v) is 14.1. The Kier molecular flexibility index (Phi) is 4.55. The van der Waals surface area contributed by atoms with E-state index >= 15 is 0 Å². The van der Waals surface area contributed by atoms with Crippen LogP contribution in [0.3, 0.4) is 0 Å². The van der Waals surface area contributed by atoms with E-state index in [1.807, 2.05) is 0 Å². The van der Waals surface area contributed by atoms with Gasteiger partial charge in [-0.25, -0.2) is 9.48 Å². The number of benzene rings is 2. The molecule has 0 bridgehead atoms. The Labute approximate surface area is 147 Å². The van der Waals surface area contributed by atoms with E-state index in [1.54, 1.807) is 42.5 Å². The number of aryl methyl sites for hydroxylation is 1. The molecule has 0 fully saturated rings. The number of esters is 1. The second-order valence-corrected chi connectivity index (χ2v) is 5.96. The molecule has 0 radical (unpaired) electrons. The zero-order valence-electron chi connectivity index (χ0n) is 12.6. The maximum Gasteiger partial charge on any atom is 0.359 e. The van der Waals surface area contributed by atoms with Crippen molar-refractivity contribution in [3.8, 4) is 0 Å². The van der Waals surface area contributed by atoms with Crippen molar-refractivity contribution in [1.29, 1.82) is 0 Å². The largest absolute Gasteiger partial charge is 0.456 e. The summed E-state index contributed by atoms with van der Waals surface area (Å²) in [5.74, 6) is -0.618. The fraction of sp³-hybridized carbons (Fsp3) is 0.118. The third-order valence-electron chi connectivity index (χ3n) is 3.50. The molecule has 24 heavy (non-hydrogen) atoms. The van der Waals surface area contributed by atoms with Gasteiger partial charge in [-0.05, 0) is 23.8 Å². The summed E-state index contributed by atoms with van der Waals surface area (Å²) in [6.45, 7) is 0.0224. The van der Waals surface area contributed by atoms with Crippen molar-refractivity contribution in [2.24, 2.45) is 7.05 Å². The minimum Gasteiger partial charge on any atom is -0.456 e. The molecule has 0 spiro atoms. The number of aromatic nitrogens is 2. The Bertz CT molecular complexity index is 999. The average Bonchev–Trinajstić information content (AvgIpc) is 2.59. The smallest absolute Gasteiger partial charge is 0.359 e.